The van der Waals surface area contributed by atoms with Crippen LogP contribution in [0.5, 0.6) is 5.75 Å². The van der Waals surface area contributed by atoms with Crippen LogP contribution < -0.4 is 10.1 Å². The minimum Gasteiger partial charge on any atom is -0.494 e. The quantitative estimate of drug-likeness (QED) is 0.272. The maximum absolute atomic E-state index is 13.8. The number of aryl methyl sites for hydroxylation is 2. The van der Waals surface area contributed by atoms with Gasteiger partial charge in [-0.2, -0.15) is 0 Å². The Balaban J connectivity index is 1.51. The van der Waals surface area contributed by atoms with Gasteiger partial charge in [0.1, 0.15) is 11.8 Å². The number of carbonyl (C=O) groups excluding carboxylic acids is 2. The van der Waals surface area contributed by atoms with Gasteiger partial charge in [0.05, 0.1) is 6.61 Å². The van der Waals surface area contributed by atoms with E-state index in [0.717, 1.165) is 48.1 Å². The number of carbonyl (C=O) groups is 2. The van der Waals surface area contributed by atoms with E-state index in [1.54, 1.807) is 4.90 Å². The van der Waals surface area contributed by atoms with Crippen molar-refractivity contribution in [1.29, 1.82) is 0 Å². The van der Waals surface area contributed by atoms with Crippen molar-refractivity contribution in [2.45, 2.75) is 83.8 Å². The zero-order valence-electron chi connectivity index (χ0n) is 23.4. The highest BCUT2D eigenvalue weighted by atomic mass is 16.5. The van der Waals surface area contributed by atoms with Gasteiger partial charge in [-0.1, -0.05) is 97.1 Å². The fraction of sp³-hybridized carbons (Fsp3) is 0.412. The summed E-state index contributed by atoms with van der Waals surface area (Å²) in [7, 11) is 0. The van der Waals surface area contributed by atoms with Crippen LogP contribution in [0.3, 0.4) is 0 Å². The highest BCUT2D eigenvalue weighted by Crippen LogP contribution is 2.21. The van der Waals surface area contributed by atoms with Crippen molar-refractivity contribution in [2.75, 3.05) is 6.61 Å². The second-order valence-electron chi connectivity index (χ2n) is 10.8. The molecule has 0 heterocycles. The maximum Gasteiger partial charge on any atom is 0.243 e. The summed E-state index contributed by atoms with van der Waals surface area (Å²) in [5.41, 5.74) is 4.40. The van der Waals surface area contributed by atoms with Crippen LogP contribution in [0.4, 0.5) is 0 Å². The first kappa shape index (κ1) is 28.4. The highest BCUT2D eigenvalue weighted by Gasteiger charge is 2.31. The summed E-state index contributed by atoms with van der Waals surface area (Å²) in [6.45, 7) is 4.94. The predicted octanol–water partition coefficient (Wildman–Crippen LogP) is 6.55. The molecule has 0 saturated heterocycles. The molecule has 1 fully saturated rings. The first-order chi connectivity index (χ1) is 19.0. The SMILES string of the molecule is Cc1ccc(OCCCC(=O)N(Cc2cccc(C)c2)[C@H](Cc2ccccc2)C(=O)NC2CCCCC2)cc1. The standard InChI is InChI=1S/C34H42N2O3/c1-26-18-20-31(21-19-26)39-22-10-17-33(37)36(25-29-14-9-11-27(2)23-29)32(24-28-12-5-3-6-13-28)34(38)35-30-15-7-4-8-16-30/h3,5-6,9,11-14,18-21,23,30,32H,4,7-8,10,15-17,22,24-25H2,1-2H3,(H,35,38)/t32-/m1/s1. The first-order valence-corrected chi connectivity index (χ1v) is 14.4. The smallest absolute Gasteiger partial charge is 0.243 e. The molecule has 1 saturated carbocycles. The third-order valence-corrected chi connectivity index (χ3v) is 7.48. The lowest BCUT2D eigenvalue weighted by molar-refractivity contribution is -0.141. The molecule has 3 aromatic carbocycles. The van der Waals surface area contributed by atoms with Gasteiger partial charge in [-0.15, -0.1) is 0 Å². The first-order valence-electron chi connectivity index (χ1n) is 14.4. The molecule has 4 rings (SSSR count). The van der Waals surface area contributed by atoms with Crippen LogP contribution in [-0.2, 0) is 22.6 Å². The normalized spacial score (nSPS) is 14.4. The van der Waals surface area contributed by atoms with Crippen LogP contribution >= 0.6 is 0 Å². The Morgan fingerprint density at radius 1 is 0.872 bits per heavy atom. The third-order valence-electron chi connectivity index (χ3n) is 7.48. The fourth-order valence-electron chi connectivity index (χ4n) is 5.30. The minimum absolute atomic E-state index is 0.0243. The molecular weight excluding hydrogens is 484 g/mol. The topological polar surface area (TPSA) is 58.6 Å². The lowest BCUT2D eigenvalue weighted by atomic mass is 9.94. The number of ether oxygens (including phenoxy) is 1. The molecule has 39 heavy (non-hydrogen) atoms. The van der Waals surface area contributed by atoms with Gasteiger partial charge in [-0.05, 0) is 56.4 Å². The van der Waals surface area contributed by atoms with Gasteiger partial charge in [0.15, 0.2) is 0 Å². The van der Waals surface area contributed by atoms with Crippen LogP contribution in [0, 0.1) is 13.8 Å². The van der Waals surface area contributed by atoms with Crippen molar-refractivity contribution in [3.63, 3.8) is 0 Å². The van der Waals surface area contributed by atoms with Crippen molar-refractivity contribution in [3.8, 4) is 5.75 Å². The molecule has 3 aromatic rings. The molecule has 1 aliphatic rings. The highest BCUT2D eigenvalue weighted by molar-refractivity contribution is 5.88. The van der Waals surface area contributed by atoms with Crippen LogP contribution in [0.15, 0.2) is 78.9 Å². The molecule has 5 heteroatoms. The average Bonchev–Trinajstić information content (AvgIpc) is 2.95. The van der Waals surface area contributed by atoms with Crippen molar-refractivity contribution >= 4 is 11.8 Å². The zero-order valence-corrected chi connectivity index (χ0v) is 23.4. The summed E-state index contributed by atoms with van der Waals surface area (Å²) in [5.74, 6) is 0.727. The predicted molar refractivity (Wildman–Crippen MR) is 157 cm³/mol. The van der Waals surface area contributed by atoms with Gasteiger partial charge >= 0.3 is 0 Å². The second kappa shape index (κ2) is 14.5. The molecule has 1 aliphatic carbocycles. The van der Waals surface area contributed by atoms with E-state index in [1.807, 2.05) is 73.7 Å². The average molecular weight is 527 g/mol. The fourth-order valence-corrected chi connectivity index (χ4v) is 5.30. The minimum atomic E-state index is -0.583. The monoisotopic (exact) mass is 526 g/mol. The number of rotatable bonds is 12. The number of hydrogen-bond donors (Lipinski definition) is 1. The molecule has 0 aromatic heterocycles. The van der Waals surface area contributed by atoms with E-state index in [9.17, 15) is 9.59 Å². The van der Waals surface area contributed by atoms with E-state index in [4.69, 9.17) is 4.74 Å². The number of amides is 2. The van der Waals surface area contributed by atoms with Crippen LogP contribution in [0.1, 0.15) is 67.2 Å². The molecular formula is C34H42N2O3. The summed E-state index contributed by atoms with van der Waals surface area (Å²) in [4.78, 5) is 29.4. The van der Waals surface area contributed by atoms with E-state index in [2.05, 4.69) is 24.4 Å². The van der Waals surface area contributed by atoms with Gasteiger partial charge in [0, 0.05) is 25.4 Å². The van der Waals surface area contributed by atoms with E-state index < -0.39 is 6.04 Å². The van der Waals surface area contributed by atoms with Gasteiger partial charge in [-0.25, -0.2) is 0 Å². The van der Waals surface area contributed by atoms with Crippen molar-refractivity contribution in [3.05, 3.63) is 101 Å². The molecule has 0 unspecified atom stereocenters. The van der Waals surface area contributed by atoms with Gasteiger partial charge in [0.2, 0.25) is 11.8 Å². The Labute approximate surface area is 233 Å². The summed E-state index contributed by atoms with van der Waals surface area (Å²) in [6, 6.07) is 25.7. The van der Waals surface area contributed by atoms with E-state index in [0.29, 0.717) is 32.4 Å². The van der Waals surface area contributed by atoms with Crippen molar-refractivity contribution < 1.29 is 14.3 Å². The molecule has 206 valence electrons. The Hall–Kier alpha value is -3.60. The van der Waals surface area contributed by atoms with Gasteiger partial charge in [0.25, 0.3) is 0 Å². The van der Waals surface area contributed by atoms with Crippen LogP contribution in [-0.4, -0.2) is 35.4 Å². The summed E-state index contributed by atoms with van der Waals surface area (Å²) in [6.07, 6.45) is 6.90. The Morgan fingerprint density at radius 3 is 2.31 bits per heavy atom. The lowest BCUT2D eigenvalue weighted by Crippen LogP contribution is -2.52. The number of nitrogens with zero attached hydrogens (tertiary/aromatic N) is 1. The molecule has 2 amide bonds. The number of benzene rings is 3. The largest absolute Gasteiger partial charge is 0.494 e. The van der Waals surface area contributed by atoms with Gasteiger partial charge in [-0.3, -0.25) is 9.59 Å². The Morgan fingerprint density at radius 2 is 1.59 bits per heavy atom. The molecule has 1 N–H and O–H groups in total. The Bertz CT molecular complexity index is 1190. The lowest BCUT2D eigenvalue weighted by Gasteiger charge is -2.33. The van der Waals surface area contributed by atoms with E-state index in [1.165, 1.54) is 12.0 Å². The van der Waals surface area contributed by atoms with Crippen molar-refractivity contribution in [1.82, 2.24) is 10.2 Å². The van der Waals surface area contributed by atoms with Gasteiger partial charge < -0.3 is 15.0 Å². The molecule has 5 nitrogen and oxygen atoms in total. The summed E-state index contributed by atoms with van der Waals surface area (Å²) in [5, 5.41) is 3.31. The maximum atomic E-state index is 13.8. The van der Waals surface area contributed by atoms with Crippen molar-refractivity contribution in [2.24, 2.45) is 0 Å². The van der Waals surface area contributed by atoms with Crippen LogP contribution in [0.2, 0.25) is 0 Å². The molecule has 0 bridgehead atoms. The third kappa shape index (κ3) is 8.98. The summed E-state index contributed by atoms with van der Waals surface area (Å²) < 4.78 is 5.88. The zero-order chi connectivity index (χ0) is 27.5. The van der Waals surface area contributed by atoms with Crippen LogP contribution in [0.25, 0.3) is 0 Å². The number of hydrogen-bond acceptors (Lipinski definition) is 3. The molecule has 0 aliphatic heterocycles. The van der Waals surface area contributed by atoms with E-state index in [-0.39, 0.29) is 17.9 Å². The molecule has 0 radical (unpaired) electrons. The van der Waals surface area contributed by atoms with E-state index >= 15 is 0 Å². The summed E-state index contributed by atoms with van der Waals surface area (Å²) >= 11 is 0. The second-order valence-corrected chi connectivity index (χ2v) is 10.8. The molecule has 1 atom stereocenters. The Kier molecular flexibility index (Phi) is 10.6. The number of nitrogens with one attached hydrogen (secondary N) is 1. The molecule has 0 spiro atoms.